The molecule has 0 radical (unpaired) electrons. The number of aryl methyl sites for hydroxylation is 1. The Balaban J connectivity index is 1.48. The van der Waals surface area contributed by atoms with Crippen LogP contribution in [-0.2, 0) is 0 Å². The molecule has 0 spiro atoms. The number of rotatable bonds is 7. The van der Waals surface area contributed by atoms with E-state index in [-0.39, 0.29) is 6.10 Å². The van der Waals surface area contributed by atoms with E-state index in [0.717, 1.165) is 59.1 Å². The van der Waals surface area contributed by atoms with Gasteiger partial charge in [-0.05, 0) is 62.1 Å². The standard InChI is InChI=1S/C29H32N2O3/c1-4-16-31-17-25(18-31)33-24-14-10-21(11-15-24)27-28(26-7-5-6-19(2)20(26)3)30-34-29(27)22-8-12-23(32)13-9-22/h5-12,14-15,23,25,32H,4,13,16-18H2,1-3H3. The zero-order valence-electron chi connectivity index (χ0n) is 20.1. The fourth-order valence-electron chi connectivity index (χ4n) is 4.71. The highest BCUT2D eigenvalue weighted by atomic mass is 16.5. The maximum atomic E-state index is 9.89. The van der Waals surface area contributed by atoms with Crippen molar-refractivity contribution in [3.63, 3.8) is 0 Å². The van der Waals surface area contributed by atoms with E-state index < -0.39 is 6.10 Å². The first-order chi connectivity index (χ1) is 16.5. The number of aromatic nitrogens is 1. The van der Waals surface area contributed by atoms with Gasteiger partial charge in [0, 0.05) is 24.2 Å². The van der Waals surface area contributed by atoms with Gasteiger partial charge in [-0.2, -0.15) is 0 Å². The maximum absolute atomic E-state index is 9.89. The lowest BCUT2D eigenvalue weighted by Crippen LogP contribution is -2.53. The minimum atomic E-state index is -0.454. The summed E-state index contributed by atoms with van der Waals surface area (Å²) in [7, 11) is 0. The molecule has 5 rings (SSSR count). The molecular weight excluding hydrogens is 424 g/mol. The van der Waals surface area contributed by atoms with E-state index in [1.54, 1.807) is 6.08 Å². The molecular formula is C29H32N2O3. The summed E-state index contributed by atoms with van der Waals surface area (Å²) in [5.41, 5.74) is 7.24. The van der Waals surface area contributed by atoms with Crippen molar-refractivity contribution in [2.75, 3.05) is 19.6 Å². The summed E-state index contributed by atoms with van der Waals surface area (Å²) in [4.78, 5) is 2.42. The van der Waals surface area contributed by atoms with Crippen molar-refractivity contribution in [2.24, 2.45) is 0 Å². The van der Waals surface area contributed by atoms with Crippen molar-refractivity contribution in [1.82, 2.24) is 10.1 Å². The van der Waals surface area contributed by atoms with Crippen LogP contribution in [0, 0.1) is 13.8 Å². The van der Waals surface area contributed by atoms with Crippen LogP contribution in [0.15, 0.2) is 65.2 Å². The first kappa shape index (κ1) is 22.6. The fraction of sp³-hybridized carbons (Fsp3) is 0.345. The van der Waals surface area contributed by atoms with Crippen molar-refractivity contribution in [1.29, 1.82) is 0 Å². The van der Waals surface area contributed by atoms with Gasteiger partial charge in [-0.1, -0.05) is 60.6 Å². The van der Waals surface area contributed by atoms with Gasteiger partial charge in [0.25, 0.3) is 0 Å². The number of benzene rings is 2. The first-order valence-corrected chi connectivity index (χ1v) is 12.2. The van der Waals surface area contributed by atoms with Gasteiger partial charge >= 0.3 is 0 Å². The van der Waals surface area contributed by atoms with Crippen LogP contribution in [0.3, 0.4) is 0 Å². The maximum Gasteiger partial charge on any atom is 0.174 e. The largest absolute Gasteiger partial charge is 0.488 e. The van der Waals surface area contributed by atoms with Crippen molar-refractivity contribution >= 4 is 5.57 Å². The Morgan fingerprint density at radius 3 is 2.62 bits per heavy atom. The van der Waals surface area contributed by atoms with Gasteiger partial charge < -0.3 is 14.4 Å². The molecule has 1 atom stereocenters. The van der Waals surface area contributed by atoms with Gasteiger partial charge in [-0.15, -0.1) is 0 Å². The van der Waals surface area contributed by atoms with Crippen LogP contribution in [0.2, 0.25) is 0 Å². The average molecular weight is 457 g/mol. The monoisotopic (exact) mass is 456 g/mol. The molecule has 1 N–H and O–H groups in total. The topological polar surface area (TPSA) is 58.7 Å². The third-order valence-electron chi connectivity index (χ3n) is 6.80. The van der Waals surface area contributed by atoms with Gasteiger partial charge in [-0.25, -0.2) is 0 Å². The Kier molecular flexibility index (Phi) is 6.40. The Bertz CT molecular complexity index is 1220. The van der Waals surface area contributed by atoms with E-state index in [4.69, 9.17) is 9.26 Å². The third-order valence-corrected chi connectivity index (χ3v) is 6.80. The number of aliphatic hydroxyl groups is 1. The van der Waals surface area contributed by atoms with Crippen molar-refractivity contribution in [3.8, 4) is 28.1 Å². The van der Waals surface area contributed by atoms with E-state index >= 15 is 0 Å². The second-order valence-corrected chi connectivity index (χ2v) is 9.33. The predicted molar refractivity (Wildman–Crippen MR) is 136 cm³/mol. The molecule has 2 aromatic carbocycles. The minimum Gasteiger partial charge on any atom is -0.488 e. The van der Waals surface area contributed by atoms with Gasteiger partial charge in [0.1, 0.15) is 17.5 Å². The molecule has 0 amide bonds. The molecule has 34 heavy (non-hydrogen) atoms. The highest BCUT2D eigenvalue weighted by molar-refractivity contribution is 5.91. The molecule has 5 nitrogen and oxygen atoms in total. The van der Waals surface area contributed by atoms with Crippen LogP contribution in [0.25, 0.3) is 28.0 Å². The Hall–Kier alpha value is -3.15. The van der Waals surface area contributed by atoms with Crippen LogP contribution < -0.4 is 4.74 Å². The van der Waals surface area contributed by atoms with Gasteiger partial charge in [-0.3, -0.25) is 4.90 Å². The normalized spacial score (nSPS) is 18.6. The molecule has 1 fully saturated rings. The molecule has 2 aliphatic rings. The summed E-state index contributed by atoms with van der Waals surface area (Å²) >= 11 is 0. The number of hydrogen-bond acceptors (Lipinski definition) is 5. The van der Waals surface area contributed by atoms with E-state index in [1.807, 2.05) is 24.3 Å². The van der Waals surface area contributed by atoms with Gasteiger partial charge in [0.2, 0.25) is 0 Å². The highest BCUT2D eigenvalue weighted by Gasteiger charge is 2.28. The highest BCUT2D eigenvalue weighted by Crippen LogP contribution is 2.41. The smallest absolute Gasteiger partial charge is 0.174 e. The quantitative estimate of drug-likeness (QED) is 0.487. The molecule has 1 aliphatic carbocycles. The second kappa shape index (κ2) is 9.61. The van der Waals surface area contributed by atoms with E-state index in [0.29, 0.717) is 6.42 Å². The van der Waals surface area contributed by atoms with Crippen LogP contribution in [-0.4, -0.2) is 47.0 Å². The zero-order chi connectivity index (χ0) is 23.7. The molecule has 2 heterocycles. The summed E-state index contributed by atoms with van der Waals surface area (Å²) in [6, 6.07) is 14.5. The number of ether oxygens (including phenoxy) is 1. The molecule has 3 aromatic rings. The van der Waals surface area contributed by atoms with E-state index in [2.05, 4.69) is 61.2 Å². The summed E-state index contributed by atoms with van der Waals surface area (Å²) in [6.07, 6.45) is 7.28. The molecule has 1 aliphatic heterocycles. The fourth-order valence-corrected chi connectivity index (χ4v) is 4.71. The lowest BCUT2D eigenvalue weighted by Gasteiger charge is -2.38. The molecule has 1 aromatic heterocycles. The summed E-state index contributed by atoms with van der Waals surface area (Å²) in [5.74, 6) is 1.61. The SMILES string of the molecule is CCCN1CC(Oc2ccc(-c3c(-c4cccc(C)c4C)noc3C3=CCC(O)C=C3)cc2)C1. The number of hydrogen-bond donors (Lipinski definition) is 1. The molecule has 1 unspecified atom stereocenters. The third kappa shape index (κ3) is 4.46. The summed E-state index contributed by atoms with van der Waals surface area (Å²) < 4.78 is 12.1. The molecule has 0 saturated carbocycles. The Morgan fingerprint density at radius 1 is 1.12 bits per heavy atom. The summed E-state index contributed by atoms with van der Waals surface area (Å²) in [6.45, 7) is 9.57. The molecule has 1 saturated heterocycles. The molecule has 176 valence electrons. The molecule has 5 heteroatoms. The number of aliphatic hydroxyl groups excluding tert-OH is 1. The number of allylic oxidation sites excluding steroid dienone is 2. The van der Waals surface area contributed by atoms with Crippen molar-refractivity contribution in [3.05, 3.63) is 77.6 Å². The summed E-state index contributed by atoms with van der Waals surface area (Å²) in [5, 5.41) is 14.4. The number of nitrogens with zero attached hydrogens (tertiary/aromatic N) is 2. The zero-order valence-corrected chi connectivity index (χ0v) is 20.1. The Morgan fingerprint density at radius 2 is 1.91 bits per heavy atom. The van der Waals surface area contributed by atoms with Crippen molar-refractivity contribution in [2.45, 2.75) is 45.8 Å². The Labute approximate surface area is 201 Å². The lowest BCUT2D eigenvalue weighted by molar-refractivity contribution is 0.0203. The lowest BCUT2D eigenvalue weighted by atomic mass is 9.91. The van der Waals surface area contributed by atoms with Crippen LogP contribution in [0.1, 0.15) is 36.7 Å². The van der Waals surface area contributed by atoms with Crippen molar-refractivity contribution < 1.29 is 14.4 Å². The number of likely N-dealkylation sites (tertiary alicyclic amines) is 1. The van der Waals surface area contributed by atoms with Crippen LogP contribution in [0.5, 0.6) is 5.75 Å². The van der Waals surface area contributed by atoms with E-state index in [9.17, 15) is 5.11 Å². The predicted octanol–water partition coefficient (Wildman–Crippen LogP) is 5.80. The first-order valence-electron chi connectivity index (χ1n) is 12.2. The van der Waals surface area contributed by atoms with Crippen LogP contribution >= 0.6 is 0 Å². The average Bonchev–Trinajstić information content (AvgIpc) is 3.25. The van der Waals surface area contributed by atoms with Gasteiger partial charge in [0.15, 0.2) is 5.76 Å². The minimum absolute atomic E-state index is 0.262. The van der Waals surface area contributed by atoms with Gasteiger partial charge in [0.05, 0.1) is 11.7 Å². The second-order valence-electron chi connectivity index (χ2n) is 9.33. The van der Waals surface area contributed by atoms with E-state index in [1.165, 1.54) is 17.5 Å². The molecule has 0 bridgehead atoms. The van der Waals surface area contributed by atoms with Crippen LogP contribution in [0.4, 0.5) is 0 Å².